The van der Waals surface area contributed by atoms with Crippen LogP contribution in [0.5, 0.6) is 0 Å². The average Bonchev–Trinajstić information content (AvgIpc) is 2.75. The number of hydrogen-bond donors (Lipinski definition) is 0. The molecule has 0 radical (unpaired) electrons. The quantitative estimate of drug-likeness (QED) is 0.641. The molecule has 0 bridgehead atoms. The summed E-state index contributed by atoms with van der Waals surface area (Å²) in [7, 11) is 0. The summed E-state index contributed by atoms with van der Waals surface area (Å²) in [5.41, 5.74) is 3.90. The first kappa shape index (κ1) is 17.3. The van der Waals surface area contributed by atoms with Gasteiger partial charge < -0.3 is 9.64 Å². The summed E-state index contributed by atoms with van der Waals surface area (Å²) >= 11 is 0. The summed E-state index contributed by atoms with van der Waals surface area (Å²) in [5, 5.41) is 0. The molecule has 0 amide bonds. The van der Waals surface area contributed by atoms with Crippen LogP contribution in [0.25, 0.3) is 11.1 Å². The minimum absolute atomic E-state index is 0.0775. The Labute approximate surface area is 159 Å². The fourth-order valence-corrected chi connectivity index (χ4v) is 3.47. The smallest absolute Gasteiger partial charge is 0.338 e. The number of rotatable bonds is 4. The predicted octanol–water partition coefficient (Wildman–Crippen LogP) is 4.57. The van der Waals surface area contributed by atoms with Gasteiger partial charge in [0, 0.05) is 24.6 Å². The minimum atomic E-state index is -0.254. The van der Waals surface area contributed by atoms with Crippen molar-refractivity contribution < 1.29 is 9.53 Å². The Morgan fingerprint density at radius 2 is 1.63 bits per heavy atom. The molecule has 4 rings (SSSR count). The van der Waals surface area contributed by atoms with Gasteiger partial charge in [-0.15, -0.1) is 0 Å². The van der Waals surface area contributed by atoms with E-state index < -0.39 is 0 Å². The summed E-state index contributed by atoms with van der Waals surface area (Å²) in [6, 6.07) is 21.7. The summed E-state index contributed by atoms with van der Waals surface area (Å²) in [6.45, 7) is 1.74. The molecule has 1 fully saturated rings. The standard InChI is InChI=1S/C23H22N2O2/c26-23(20-10-8-18(9-11-20)19-12-14-24-15-13-19)27-22-7-4-16-25(17-22)21-5-2-1-3-6-21/h1-3,5-6,8-15,22H,4,7,16-17H2. The maximum Gasteiger partial charge on any atom is 0.338 e. The van der Waals surface area contributed by atoms with Gasteiger partial charge in [0.2, 0.25) is 0 Å². The van der Waals surface area contributed by atoms with Gasteiger partial charge in [-0.1, -0.05) is 30.3 Å². The predicted molar refractivity (Wildman–Crippen MR) is 107 cm³/mol. The lowest BCUT2D eigenvalue weighted by molar-refractivity contribution is 0.0270. The van der Waals surface area contributed by atoms with Crippen molar-refractivity contribution in [3.8, 4) is 11.1 Å². The molecule has 136 valence electrons. The fraction of sp³-hybridized carbons (Fsp3) is 0.217. The molecule has 2 heterocycles. The van der Waals surface area contributed by atoms with Crippen molar-refractivity contribution in [2.75, 3.05) is 18.0 Å². The monoisotopic (exact) mass is 358 g/mol. The highest BCUT2D eigenvalue weighted by Crippen LogP contribution is 2.23. The number of piperidine rings is 1. The number of esters is 1. The van der Waals surface area contributed by atoms with Crippen molar-refractivity contribution in [3.63, 3.8) is 0 Å². The van der Waals surface area contributed by atoms with E-state index in [1.54, 1.807) is 12.4 Å². The van der Waals surface area contributed by atoms with Crippen LogP contribution in [0.15, 0.2) is 79.1 Å². The van der Waals surface area contributed by atoms with Crippen LogP contribution in [0.4, 0.5) is 5.69 Å². The van der Waals surface area contributed by atoms with Gasteiger partial charge in [0.25, 0.3) is 0 Å². The van der Waals surface area contributed by atoms with Gasteiger partial charge in [-0.2, -0.15) is 0 Å². The second-order valence-electron chi connectivity index (χ2n) is 6.76. The molecular formula is C23H22N2O2. The van der Waals surface area contributed by atoms with Crippen molar-refractivity contribution in [3.05, 3.63) is 84.7 Å². The van der Waals surface area contributed by atoms with E-state index in [0.717, 1.165) is 37.1 Å². The Morgan fingerprint density at radius 3 is 2.37 bits per heavy atom. The fourth-order valence-electron chi connectivity index (χ4n) is 3.47. The second kappa shape index (κ2) is 8.04. The molecule has 27 heavy (non-hydrogen) atoms. The number of aromatic nitrogens is 1. The van der Waals surface area contributed by atoms with E-state index >= 15 is 0 Å². The van der Waals surface area contributed by atoms with Gasteiger partial charge in [-0.3, -0.25) is 4.98 Å². The van der Waals surface area contributed by atoms with Crippen LogP contribution in [0.3, 0.4) is 0 Å². The number of para-hydroxylation sites is 1. The van der Waals surface area contributed by atoms with Crippen LogP contribution >= 0.6 is 0 Å². The van der Waals surface area contributed by atoms with E-state index in [4.69, 9.17) is 4.74 Å². The van der Waals surface area contributed by atoms with Crippen molar-refractivity contribution in [1.82, 2.24) is 4.98 Å². The second-order valence-corrected chi connectivity index (χ2v) is 6.76. The number of carbonyl (C=O) groups excluding carboxylic acids is 1. The Hall–Kier alpha value is -3.14. The van der Waals surface area contributed by atoms with Gasteiger partial charge >= 0.3 is 5.97 Å². The molecule has 1 saturated heterocycles. The van der Waals surface area contributed by atoms with Gasteiger partial charge in [0.1, 0.15) is 6.10 Å². The Balaban J connectivity index is 1.40. The van der Waals surface area contributed by atoms with E-state index in [0.29, 0.717) is 5.56 Å². The molecule has 4 nitrogen and oxygen atoms in total. The zero-order chi connectivity index (χ0) is 18.5. The average molecular weight is 358 g/mol. The van der Waals surface area contributed by atoms with Gasteiger partial charge in [-0.25, -0.2) is 4.79 Å². The highest BCUT2D eigenvalue weighted by atomic mass is 16.5. The number of benzene rings is 2. The van der Waals surface area contributed by atoms with E-state index in [-0.39, 0.29) is 12.1 Å². The highest BCUT2D eigenvalue weighted by molar-refractivity contribution is 5.90. The van der Waals surface area contributed by atoms with Crippen molar-refractivity contribution in [1.29, 1.82) is 0 Å². The first-order chi connectivity index (χ1) is 13.3. The number of ether oxygens (including phenoxy) is 1. The lowest BCUT2D eigenvalue weighted by atomic mass is 10.0. The molecule has 1 unspecified atom stereocenters. The largest absolute Gasteiger partial charge is 0.457 e. The molecule has 0 spiro atoms. The lowest BCUT2D eigenvalue weighted by Crippen LogP contribution is -2.40. The van der Waals surface area contributed by atoms with Crippen molar-refractivity contribution in [2.24, 2.45) is 0 Å². The maximum atomic E-state index is 12.6. The third kappa shape index (κ3) is 4.17. The zero-order valence-electron chi connectivity index (χ0n) is 15.1. The number of carbonyl (C=O) groups is 1. The maximum absolute atomic E-state index is 12.6. The van der Waals surface area contributed by atoms with Crippen LogP contribution in [0.1, 0.15) is 23.2 Å². The summed E-state index contributed by atoms with van der Waals surface area (Å²) in [6.07, 6.45) is 5.38. The van der Waals surface area contributed by atoms with Crippen molar-refractivity contribution >= 4 is 11.7 Å². The number of anilines is 1. The molecule has 1 atom stereocenters. The first-order valence-electron chi connectivity index (χ1n) is 9.31. The Morgan fingerprint density at radius 1 is 0.926 bits per heavy atom. The summed E-state index contributed by atoms with van der Waals surface area (Å²) in [4.78, 5) is 18.9. The van der Waals surface area contributed by atoms with E-state index in [1.807, 2.05) is 54.6 Å². The number of nitrogens with zero attached hydrogens (tertiary/aromatic N) is 2. The first-order valence-corrected chi connectivity index (χ1v) is 9.31. The number of hydrogen-bond acceptors (Lipinski definition) is 4. The van der Waals surface area contributed by atoms with E-state index in [1.165, 1.54) is 5.69 Å². The SMILES string of the molecule is O=C(OC1CCCN(c2ccccc2)C1)c1ccc(-c2ccncc2)cc1. The van der Waals surface area contributed by atoms with Crippen LogP contribution in [-0.2, 0) is 4.74 Å². The van der Waals surface area contributed by atoms with E-state index in [2.05, 4.69) is 22.0 Å². The van der Waals surface area contributed by atoms with E-state index in [9.17, 15) is 4.79 Å². The molecule has 0 N–H and O–H groups in total. The van der Waals surface area contributed by atoms with Crippen LogP contribution in [-0.4, -0.2) is 30.1 Å². The zero-order valence-corrected chi connectivity index (χ0v) is 15.1. The minimum Gasteiger partial charge on any atom is -0.457 e. The molecule has 3 aromatic rings. The molecular weight excluding hydrogens is 336 g/mol. The molecule has 4 heteroatoms. The lowest BCUT2D eigenvalue weighted by Gasteiger charge is -2.34. The van der Waals surface area contributed by atoms with Crippen LogP contribution < -0.4 is 4.90 Å². The third-order valence-corrected chi connectivity index (χ3v) is 4.91. The van der Waals surface area contributed by atoms with Crippen LogP contribution in [0, 0.1) is 0 Å². The topological polar surface area (TPSA) is 42.4 Å². The number of pyridine rings is 1. The Bertz CT molecular complexity index is 879. The third-order valence-electron chi connectivity index (χ3n) is 4.91. The molecule has 0 saturated carbocycles. The van der Waals surface area contributed by atoms with Crippen molar-refractivity contribution in [2.45, 2.75) is 18.9 Å². The molecule has 2 aromatic carbocycles. The summed E-state index contributed by atoms with van der Waals surface area (Å²) in [5.74, 6) is -0.254. The van der Waals surface area contributed by atoms with Crippen LogP contribution in [0.2, 0.25) is 0 Å². The molecule has 1 aliphatic heterocycles. The molecule has 1 aromatic heterocycles. The van der Waals surface area contributed by atoms with Gasteiger partial charge in [0.15, 0.2) is 0 Å². The Kier molecular flexibility index (Phi) is 5.15. The molecule has 1 aliphatic rings. The molecule has 0 aliphatic carbocycles. The normalized spacial score (nSPS) is 16.7. The van der Waals surface area contributed by atoms with Gasteiger partial charge in [0.05, 0.1) is 12.1 Å². The summed E-state index contributed by atoms with van der Waals surface area (Å²) < 4.78 is 5.78. The van der Waals surface area contributed by atoms with Gasteiger partial charge in [-0.05, 0) is 60.4 Å². The highest BCUT2D eigenvalue weighted by Gasteiger charge is 2.23.